The van der Waals surface area contributed by atoms with E-state index in [0.717, 1.165) is 28.3 Å². The number of benzene rings is 1. The van der Waals surface area contributed by atoms with E-state index in [4.69, 9.17) is 4.74 Å². The SMILES string of the molecule is COc1ccccc1CC(C=O)c1nc(C)cs1. The van der Waals surface area contributed by atoms with E-state index in [2.05, 4.69) is 4.98 Å². The van der Waals surface area contributed by atoms with Crippen LogP contribution in [-0.2, 0) is 11.2 Å². The highest BCUT2D eigenvalue weighted by molar-refractivity contribution is 7.09. The van der Waals surface area contributed by atoms with Gasteiger partial charge in [-0.1, -0.05) is 18.2 Å². The van der Waals surface area contributed by atoms with Crippen molar-refractivity contribution < 1.29 is 9.53 Å². The lowest BCUT2D eigenvalue weighted by atomic mass is 10.0. The van der Waals surface area contributed by atoms with Gasteiger partial charge < -0.3 is 9.53 Å². The van der Waals surface area contributed by atoms with Crippen LogP contribution in [0.5, 0.6) is 5.75 Å². The van der Waals surface area contributed by atoms with E-state index in [1.807, 2.05) is 36.6 Å². The van der Waals surface area contributed by atoms with Gasteiger partial charge in [0.05, 0.1) is 13.0 Å². The second-order valence-electron chi connectivity index (χ2n) is 4.09. The number of para-hydroxylation sites is 1. The zero-order valence-corrected chi connectivity index (χ0v) is 11.2. The van der Waals surface area contributed by atoms with E-state index < -0.39 is 0 Å². The molecule has 1 atom stereocenters. The first-order valence-corrected chi connectivity index (χ1v) is 6.61. The summed E-state index contributed by atoms with van der Waals surface area (Å²) >= 11 is 1.53. The molecular formula is C14H15NO2S. The van der Waals surface area contributed by atoms with Crippen LogP contribution >= 0.6 is 11.3 Å². The molecule has 1 aromatic heterocycles. The van der Waals surface area contributed by atoms with Crippen molar-refractivity contribution in [1.82, 2.24) is 4.98 Å². The molecule has 4 heteroatoms. The van der Waals surface area contributed by atoms with Crippen molar-refractivity contribution in [3.63, 3.8) is 0 Å². The first-order valence-electron chi connectivity index (χ1n) is 5.73. The molecule has 0 aliphatic carbocycles. The third kappa shape index (κ3) is 2.76. The minimum atomic E-state index is -0.194. The second kappa shape index (κ2) is 5.78. The predicted octanol–water partition coefficient (Wildman–Crippen LogP) is 2.99. The molecule has 0 saturated heterocycles. The number of nitrogens with zero attached hydrogens (tertiary/aromatic N) is 1. The van der Waals surface area contributed by atoms with Gasteiger partial charge in [0.25, 0.3) is 0 Å². The Morgan fingerprint density at radius 3 is 2.83 bits per heavy atom. The maximum absolute atomic E-state index is 11.2. The van der Waals surface area contributed by atoms with Gasteiger partial charge in [-0.3, -0.25) is 0 Å². The topological polar surface area (TPSA) is 39.2 Å². The van der Waals surface area contributed by atoms with Crippen molar-refractivity contribution in [2.75, 3.05) is 7.11 Å². The maximum atomic E-state index is 11.2. The fourth-order valence-electron chi connectivity index (χ4n) is 1.84. The number of aromatic nitrogens is 1. The van der Waals surface area contributed by atoms with E-state index in [9.17, 15) is 4.79 Å². The Morgan fingerprint density at radius 1 is 1.44 bits per heavy atom. The molecular weight excluding hydrogens is 246 g/mol. The summed E-state index contributed by atoms with van der Waals surface area (Å²) in [7, 11) is 1.64. The average Bonchev–Trinajstić information content (AvgIpc) is 2.83. The molecule has 2 rings (SSSR count). The summed E-state index contributed by atoms with van der Waals surface area (Å²) in [5.74, 6) is 0.623. The van der Waals surface area contributed by atoms with E-state index in [1.165, 1.54) is 11.3 Å². The second-order valence-corrected chi connectivity index (χ2v) is 4.98. The van der Waals surface area contributed by atoms with Crippen LogP contribution in [0.25, 0.3) is 0 Å². The van der Waals surface area contributed by atoms with Crippen molar-refractivity contribution in [2.24, 2.45) is 0 Å². The van der Waals surface area contributed by atoms with Crippen LogP contribution in [-0.4, -0.2) is 18.4 Å². The Hall–Kier alpha value is -1.68. The number of rotatable bonds is 5. The maximum Gasteiger partial charge on any atom is 0.130 e. The average molecular weight is 261 g/mol. The molecule has 0 aliphatic rings. The molecule has 1 aromatic carbocycles. The van der Waals surface area contributed by atoms with Crippen molar-refractivity contribution in [1.29, 1.82) is 0 Å². The first kappa shape index (κ1) is 12.8. The lowest BCUT2D eigenvalue weighted by Crippen LogP contribution is -2.05. The quantitative estimate of drug-likeness (QED) is 0.777. The molecule has 0 fully saturated rings. The van der Waals surface area contributed by atoms with E-state index >= 15 is 0 Å². The molecule has 2 aromatic rings. The molecule has 0 N–H and O–H groups in total. The van der Waals surface area contributed by atoms with Gasteiger partial charge in [-0.2, -0.15) is 0 Å². The highest BCUT2D eigenvalue weighted by Gasteiger charge is 2.16. The fraction of sp³-hybridized carbons (Fsp3) is 0.286. The van der Waals surface area contributed by atoms with Crippen LogP contribution in [0.15, 0.2) is 29.6 Å². The van der Waals surface area contributed by atoms with Crippen molar-refractivity contribution in [2.45, 2.75) is 19.3 Å². The molecule has 18 heavy (non-hydrogen) atoms. The number of hydrogen-bond donors (Lipinski definition) is 0. The van der Waals surface area contributed by atoms with Crippen molar-refractivity contribution in [3.8, 4) is 5.75 Å². The highest BCUT2D eigenvalue weighted by atomic mass is 32.1. The van der Waals surface area contributed by atoms with Crippen LogP contribution < -0.4 is 4.74 Å². The zero-order valence-electron chi connectivity index (χ0n) is 10.4. The van der Waals surface area contributed by atoms with Gasteiger partial charge >= 0.3 is 0 Å². The number of methoxy groups -OCH3 is 1. The fourth-order valence-corrected chi connectivity index (χ4v) is 2.70. The van der Waals surface area contributed by atoms with E-state index in [-0.39, 0.29) is 5.92 Å². The van der Waals surface area contributed by atoms with Gasteiger partial charge in [0.15, 0.2) is 0 Å². The summed E-state index contributed by atoms with van der Waals surface area (Å²) < 4.78 is 5.30. The number of hydrogen-bond acceptors (Lipinski definition) is 4. The third-order valence-electron chi connectivity index (χ3n) is 2.75. The van der Waals surface area contributed by atoms with Crippen LogP contribution in [0.3, 0.4) is 0 Å². The lowest BCUT2D eigenvalue weighted by molar-refractivity contribution is -0.109. The van der Waals surface area contributed by atoms with Crippen LogP contribution in [0.2, 0.25) is 0 Å². The van der Waals surface area contributed by atoms with Crippen molar-refractivity contribution in [3.05, 3.63) is 45.9 Å². The third-order valence-corrected chi connectivity index (χ3v) is 3.85. The monoisotopic (exact) mass is 261 g/mol. The molecule has 1 unspecified atom stereocenters. The molecule has 0 bridgehead atoms. The molecule has 0 saturated carbocycles. The van der Waals surface area contributed by atoms with Crippen LogP contribution in [0.1, 0.15) is 22.2 Å². The summed E-state index contributed by atoms with van der Waals surface area (Å²) in [6.45, 7) is 1.94. The van der Waals surface area contributed by atoms with Gasteiger partial charge in [-0.05, 0) is 25.0 Å². The zero-order chi connectivity index (χ0) is 13.0. The largest absolute Gasteiger partial charge is 0.496 e. The number of thiazole rings is 1. The van der Waals surface area contributed by atoms with E-state index in [0.29, 0.717) is 6.42 Å². The Morgan fingerprint density at radius 2 is 2.22 bits per heavy atom. The normalized spacial score (nSPS) is 12.1. The Kier molecular flexibility index (Phi) is 4.10. The number of aldehydes is 1. The Labute approximate surface area is 110 Å². The number of carbonyl (C=O) groups excluding carboxylic acids is 1. The van der Waals surface area contributed by atoms with Gasteiger partial charge in [0, 0.05) is 11.1 Å². The highest BCUT2D eigenvalue weighted by Crippen LogP contribution is 2.27. The van der Waals surface area contributed by atoms with Gasteiger partial charge in [0.2, 0.25) is 0 Å². The summed E-state index contributed by atoms with van der Waals surface area (Å²) in [5.41, 5.74) is 1.99. The molecule has 1 heterocycles. The van der Waals surface area contributed by atoms with E-state index in [1.54, 1.807) is 7.11 Å². The summed E-state index contributed by atoms with van der Waals surface area (Å²) in [6.07, 6.45) is 1.59. The smallest absolute Gasteiger partial charge is 0.130 e. The lowest BCUT2D eigenvalue weighted by Gasteiger charge is -2.11. The summed E-state index contributed by atoms with van der Waals surface area (Å²) in [6, 6.07) is 7.76. The van der Waals surface area contributed by atoms with Gasteiger partial charge in [0.1, 0.15) is 17.0 Å². The molecule has 3 nitrogen and oxygen atoms in total. The van der Waals surface area contributed by atoms with Crippen LogP contribution in [0, 0.1) is 6.92 Å². The van der Waals surface area contributed by atoms with Crippen molar-refractivity contribution >= 4 is 17.6 Å². The minimum absolute atomic E-state index is 0.194. The molecule has 0 radical (unpaired) electrons. The minimum Gasteiger partial charge on any atom is -0.496 e. The standard InChI is InChI=1S/C14H15NO2S/c1-10-9-18-14(15-10)12(8-16)7-11-5-3-4-6-13(11)17-2/h3-6,8-9,12H,7H2,1-2H3. The number of aryl methyl sites for hydroxylation is 1. The molecule has 0 spiro atoms. The molecule has 0 amide bonds. The van der Waals surface area contributed by atoms with Gasteiger partial charge in [-0.15, -0.1) is 11.3 Å². The summed E-state index contributed by atoms with van der Waals surface area (Å²) in [4.78, 5) is 15.6. The predicted molar refractivity (Wildman–Crippen MR) is 72.4 cm³/mol. The summed E-state index contributed by atoms with van der Waals surface area (Å²) in [5, 5.41) is 2.84. The number of carbonyl (C=O) groups is 1. The first-order chi connectivity index (χ1) is 8.74. The Bertz CT molecular complexity index is 536. The van der Waals surface area contributed by atoms with Gasteiger partial charge in [-0.25, -0.2) is 4.98 Å². The van der Waals surface area contributed by atoms with Crippen LogP contribution in [0.4, 0.5) is 0 Å². The molecule has 94 valence electrons. The number of ether oxygens (including phenoxy) is 1. The molecule has 0 aliphatic heterocycles. The Balaban J connectivity index is 2.23.